The minimum absolute atomic E-state index is 0.719. The first-order chi connectivity index (χ1) is 9.20. The maximum absolute atomic E-state index is 5.60. The van der Waals surface area contributed by atoms with Gasteiger partial charge in [0.1, 0.15) is 6.26 Å². The van der Waals surface area contributed by atoms with E-state index in [1.807, 2.05) is 18.2 Å². The second kappa shape index (κ2) is 6.53. The fourth-order valence-electron chi connectivity index (χ4n) is 2.10. The lowest BCUT2D eigenvalue weighted by atomic mass is 10.1. The second-order valence-corrected chi connectivity index (χ2v) is 5.05. The predicted molar refractivity (Wildman–Crippen MR) is 77.9 cm³/mol. The van der Waals surface area contributed by atoms with E-state index in [-0.39, 0.29) is 0 Å². The van der Waals surface area contributed by atoms with Gasteiger partial charge in [-0.15, -0.1) is 0 Å². The molecule has 1 heterocycles. The first kappa shape index (κ1) is 13.8. The summed E-state index contributed by atoms with van der Waals surface area (Å²) in [7, 11) is 2.12. The van der Waals surface area contributed by atoms with Crippen LogP contribution in [0.2, 0.25) is 0 Å². The van der Waals surface area contributed by atoms with Crippen LogP contribution >= 0.6 is 0 Å². The molecule has 0 aliphatic rings. The first-order valence-electron chi connectivity index (χ1n) is 6.89. The average Bonchev–Trinajstić information content (AvgIpc) is 2.85. The molecule has 0 fully saturated rings. The van der Waals surface area contributed by atoms with Crippen molar-refractivity contribution in [2.24, 2.45) is 0 Å². The molecule has 2 aromatic rings. The van der Waals surface area contributed by atoms with Crippen molar-refractivity contribution < 1.29 is 4.42 Å². The molecule has 3 nitrogen and oxygen atoms in total. The van der Waals surface area contributed by atoms with Gasteiger partial charge in [-0.25, -0.2) is 4.98 Å². The third-order valence-electron chi connectivity index (χ3n) is 3.25. The van der Waals surface area contributed by atoms with Gasteiger partial charge >= 0.3 is 0 Å². The van der Waals surface area contributed by atoms with Crippen LogP contribution in [0.3, 0.4) is 0 Å². The SMILES string of the molecule is CCCCN(C)Cc1coc(-c2ccccc2C)n1. The Balaban J connectivity index is 2.05. The number of aryl methyl sites for hydroxylation is 1. The lowest BCUT2D eigenvalue weighted by Crippen LogP contribution is -2.19. The van der Waals surface area contributed by atoms with Gasteiger partial charge < -0.3 is 9.32 Å². The average molecular weight is 258 g/mol. The molecule has 3 heteroatoms. The molecule has 0 saturated carbocycles. The lowest BCUT2D eigenvalue weighted by Gasteiger charge is -2.13. The van der Waals surface area contributed by atoms with Crippen LogP contribution in [0.5, 0.6) is 0 Å². The molecule has 0 bridgehead atoms. The van der Waals surface area contributed by atoms with Gasteiger partial charge in [0, 0.05) is 12.1 Å². The monoisotopic (exact) mass is 258 g/mol. The van der Waals surface area contributed by atoms with E-state index >= 15 is 0 Å². The summed E-state index contributed by atoms with van der Waals surface area (Å²) in [6.45, 7) is 6.23. The van der Waals surface area contributed by atoms with E-state index in [2.05, 4.69) is 36.8 Å². The molecule has 0 atom stereocenters. The smallest absolute Gasteiger partial charge is 0.226 e. The van der Waals surface area contributed by atoms with E-state index < -0.39 is 0 Å². The Morgan fingerprint density at radius 2 is 2.05 bits per heavy atom. The van der Waals surface area contributed by atoms with E-state index in [0.717, 1.165) is 30.2 Å². The van der Waals surface area contributed by atoms with Gasteiger partial charge in [0.15, 0.2) is 0 Å². The highest BCUT2D eigenvalue weighted by Gasteiger charge is 2.10. The summed E-state index contributed by atoms with van der Waals surface area (Å²) in [6.07, 6.45) is 4.21. The highest BCUT2D eigenvalue weighted by molar-refractivity contribution is 5.58. The summed E-state index contributed by atoms with van der Waals surface area (Å²) in [5.74, 6) is 0.719. The molecule has 0 amide bonds. The third kappa shape index (κ3) is 3.67. The molecule has 1 aromatic heterocycles. The van der Waals surface area contributed by atoms with Crippen LogP contribution in [-0.2, 0) is 6.54 Å². The van der Waals surface area contributed by atoms with Gasteiger partial charge in [-0.2, -0.15) is 0 Å². The quantitative estimate of drug-likeness (QED) is 0.787. The Hall–Kier alpha value is -1.61. The maximum Gasteiger partial charge on any atom is 0.226 e. The zero-order valence-corrected chi connectivity index (χ0v) is 12.0. The van der Waals surface area contributed by atoms with E-state index in [9.17, 15) is 0 Å². The summed E-state index contributed by atoms with van der Waals surface area (Å²) in [5.41, 5.74) is 3.26. The van der Waals surface area contributed by atoms with E-state index in [1.165, 1.54) is 18.4 Å². The number of unbranched alkanes of at least 4 members (excludes halogenated alkanes) is 1. The molecule has 1 aromatic carbocycles. The number of oxazole rings is 1. The van der Waals surface area contributed by atoms with Crippen LogP contribution in [-0.4, -0.2) is 23.5 Å². The van der Waals surface area contributed by atoms with Gasteiger partial charge in [-0.1, -0.05) is 31.5 Å². The topological polar surface area (TPSA) is 29.3 Å². The molecule has 0 radical (unpaired) electrons. The van der Waals surface area contributed by atoms with Crippen LogP contribution in [0.1, 0.15) is 31.0 Å². The number of hydrogen-bond acceptors (Lipinski definition) is 3. The van der Waals surface area contributed by atoms with E-state index in [0.29, 0.717) is 0 Å². The first-order valence-corrected chi connectivity index (χ1v) is 6.89. The largest absolute Gasteiger partial charge is 0.444 e. The second-order valence-electron chi connectivity index (χ2n) is 5.05. The summed E-state index contributed by atoms with van der Waals surface area (Å²) >= 11 is 0. The van der Waals surface area contributed by atoms with Crippen LogP contribution in [0, 0.1) is 6.92 Å². The number of rotatable bonds is 6. The normalized spacial score (nSPS) is 11.2. The number of benzene rings is 1. The zero-order valence-electron chi connectivity index (χ0n) is 12.0. The van der Waals surface area contributed by atoms with Crippen molar-refractivity contribution in [3.63, 3.8) is 0 Å². The van der Waals surface area contributed by atoms with E-state index in [1.54, 1.807) is 6.26 Å². The van der Waals surface area contributed by atoms with Gasteiger partial charge in [-0.05, 0) is 38.6 Å². The fraction of sp³-hybridized carbons (Fsp3) is 0.438. The number of hydrogen-bond donors (Lipinski definition) is 0. The molecule has 2 rings (SSSR count). The van der Waals surface area contributed by atoms with Crippen LogP contribution in [0.25, 0.3) is 11.5 Å². The van der Waals surface area contributed by atoms with Crippen molar-refractivity contribution in [1.82, 2.24) is 9.88 Å². The standard InChI is InChI=1S/C16H22N2O/c1-4-5-10-18(3)11-14-12-19-16(17-14)15-9-7-6-8-13(15)2/h6-9,12H,4-5,10-11H2,1-3H3. The number of aromatic nitrogens is 1. The highest BCUT2D eigenvalue weighted by Crippen LogP contribution is 2.22. The van der Waals surface area contributed by atoms with E-state index in [4.69, 9.17) is 4.42 Å². The summed E-state index contributed by atoms with van der Waals surface area (Å²) in [4.78, 5) is 6.86. The molecule has 0 N–H and O–H groups in total. The predicted octanol–water partition coefficient (Wildman–Crippen LogP) is 3.88. The van der Waals surface area contributed by atoms with Crippen molar-refractivity contribution in [3.8, 4) is 11.5 Å². The van der Waals surface area contributed by atoms with Crippen molar-refractivity contribution in [2.45, 2.75) is 33.2 Å². The molecule has 102 valence electrons. The van der Waals surface area contributed by atoms with Crippen molar-refractivity contribution in [1.29, 1.82) is 0 Å². The van der Waals surface area contributed by atoms with Crippen molar-refractivity contribution in [3.05, 3.63) is 41.8 Å². The van der Waals surface area contributed by atoms with Crippen LogP contribution in [0.4, 0.5) is 0 Å². The fourth-order valence-corrected chi connectivity index (χ4v) is 2.10. The molecule has 0 aliphatic carbocycles. The summed E-state index contributed by atoms with van der Waals surface area (Å²) in [6, 6.07) is 8.17. The van der Waals surface area contributed by atoms with Gasteiger partial charge in [0.25, 0.3) is 0 Å². The van der Waals surface area contributed by atoms with Crippen LogP contribution < -0.4 is 0 Å². The zero-order chi connectivity index (χ0) is 13.7. The molecular formula is C16H22N2O. The Morgan fingerprint density at radius 1 is 1.26 bits per heavy atom. The van der Waals surface area contributed by atoms with Gasteiger partial charge in [0.2, 0.25) is 5.89 Å². The van der Waals surface area contributed by atoms with Crippen LogP contribution in [0.15, 0.2) is 34.9 Å². The molecular weight excluding hydrogens is 236 g/mol. The highest BCUT2D eigenvalue weighted by atomic mass is 16.3. The maximum atomic E-state index is 5.60. The third-order valence-corrected chi connectivity index (χ3v) is 3.25. The minimum atomic E-state index is 0.719. The Labute approximate surface area is 115 Å². The van der Waals surface area contributed by atoms with Gasteiger partial charge in [-0.3, -0.25) is 0 Å². The lowest BCUT2D eigenvalue weighted by molar-refractivity contribution is 0.316. The van der Waals surface area contributed by atoms with Crippen molar-refractivity contribution in [2.75, 3.05) is 13.6 Å². The molecule has 0 aliphatic heterocycles. The molecule has 0 saturated heterocycles. The molecule has 19 heavy (non-hydrogen) atoms. The van der Waals surface area contributed by atoms with Gasteiger partial charge in [0.05, 0.1) is 5.69 Å². The Bertz CT molecular complexity index is 519. The van der Waals surface area contributed by atoms with Crippen molar-refractivity contribution >= 4 is 0 Å². The Morgan fingerprint density at radius 3 is 2.79 bits per heavy atom. The summed E-state index contributed by atoms with van der Waals surface area (Å²) in [5, 5.41) is 0. The molecule has 0 unspecified atom stereocenters. The minimum Gasteiger partial charge on any atom is -0.444 e. The number of nitrogens with zero attached hydrogens (tertiary/aromatic N) is 2. The Kier molecular flexibility index (Phi) is 4.74. The molecule has 0 spiro atoms. The summed E-state index contributed by atoms with van der Waals surface area (Å²) < 4.78 is 5.60.